The van der Waals surface area contributed by atoms with Crippen molar-refractivity contribution in [3.05, 3.63) is 47.7 Å². The van der Waals surface area contributed by atoms with Gasteiger partial charge in [-0.05, 0) is 81.8 Å². The van der Waals surface area contributed by atoms with Crippen molar-refractivity contribution in [1.82, 2.24) is 15.0 Å². The number of aromatic hydroxyl groups is 1. The van der Waals surface area contributed by atoms with Crippen LogP contribution in [0.5, 0.6) is 5.75 Å². The third kappa shape index (κ3) is 9.75. The number of thioether (sulfide) groups is 2. The van der Waals surface area contributed by atoms with E-state index in [-0.39, 0.29) is 37.8 Å². The van der Waals surface area contributed by atoms with Crippen LogP contribution in [0.1, 0.15) is 0 Å². The van der Waals surface area contributed by atoms with Crippen LogP contribution in [0, 0.1) is 11.4 Å². The summed E-state index contributed by atoms with van der Waals surface area (Å²) in [5.74, 6) is -0.261. The third-order valence-corrected chi connectivity index (χ3v) is 8.20. The van der Waals surface area contributed by atoms with Gasteiger partial charge >= 0.3 is 10.4 Å². The van der Waals surface area contributed by atoms with E-state index in [4.69, 9.17) is 21.4 Å². The first-order chi connectivity index (χ1) is 21.8. The van der Waals surface area contributed by atoms with Crippen LogP contribution in [0.25, 0.3) is 10.8 Å². The smallest absolute Gasteiger partial charge is 0.433 e. The first-order valence-corrected chi connectivity index (χ1v) is 17.4. The number of benzene rings is 3. The van der Waals surface area contributed by atoms with E-state index in [2.05, 4.69) is 54.3 Å². The lowest BCUT2D eigenvalue weighted by Gasteiger charge is -2.11. The summed E-state index contributed by atoms with van der Waals surface area (Å²) in [5.41, 5.74) is -0.102. The molecule has 3 aromatic carbocycles. The van der Waals surface area contributed by atoms with E-state index < -0.39 is 31.2 Å². The summed E-state index contributed by atoms with van der Waals surface area (Å²) in [4.78, 5) is 15.6. The molecule has 0 unspecified atom stereocenters. The number of phenols is 1. The van der Waals surface area contributed by atoms with Gasteiger partial charge in [0.2, 0.25) is 11.2 Å². The summed E-state index contributed by atoms with van der Waals surface area (Å²) in [6, 6.07) is 9.67. The Bertz CT molecular complexity index is 2100. The number of anilines is 2. The Balaban J connectivity index is 1.68. The molecule has 0 saturated heterocycles. The number of aromatic nitrogens is 3. The first kappa shape index (κ1) is 35.3. The van der Waals surface area contributed by atoms with Gasteiger partial charge < -0.3 is 10.4 Å². The van der Waals surface area contributed by atoms with E-state index >= 15 is 0 Å². The van der Waals surface area contributed by atoms with E-state index in [0.717, 1.165) is 12.1 Å². The van der Waals surface area contributed by atoms with Gasteiger partial charge in [-0.15, -0.1) is 14.6 Å². The molecular weight excluding hydrogens is 736 g/mol. The number of halogens is 1. The molecule has 0 radical (unpaired) electrons. The molecule has 0 fully saturated rings. The molecule has 0 bridgehead atoms. The van der Waals surface area contributed by atoms with E-state index in [0.29, 0.717) is 40.0 Å². The molecule has 4 rings (SSSR count). The number of azo groups is 1. The zero-order chi connectivity index (χ0) is 33.5. The third-order valence-electron chi connectivity index (χ3n) is 5.07. The van der Waals surface area contributed by atoms with E-state index in [1.165, 1.54) is 30.0 Å². The minimum Gasteiger partial charge on any atom is -0.505 e. The average molecular weight is 751 g/mol. The second-order valence-corrected chi connectivity index (χ2v) is 13.1. The molecule has 5 N–H and O–H groups in total. The second kappa shape index (κ2) is 15.4. The van der Waals surface area contributed by atoms with Gasteiger partial charge in [0.05, 0.1) is 16.9 Å². The molecule has 0 aliphatic rings. The molecule has 24 heteroatoms. The molecule has 242 valence electrons. The highest BCUT2D eigenvalue weighted by Crippen LogP contribution is 2.45. The van der Waals surface area contributed by atoms with E-state index in [9.17, 15) is 26.5 Å². The number of nitrogens with zero attached hydrogens (tertiary/aromatic N) is 5. The van der Waals surface area contributed by atoms with Crippen LogP contribution in [-0.2, 0) is 39.1 Å². The Kier molecular flexibility index (Phi) is 11.8. The van der Waals surface area contributed by atoms with Crippen LogP contribution < -0.4 is 5.32 Å². The van der Waals surface area contributed by atoms with Gasteiger partial charge in [0, 0.05) is 21.2 Å². The van der Waals surface area contributed by atoms with Crippen LogP contribution >= 0.6 is 47.2 Å². The van der Waals surface area contributed by atoms with Crippen molar-refractivity contribution >= 4 is 101 Å². The Hall–Kier alpha value is -3.51. The van der Waals surface area contributed by atoms with Gasteiger partial charge in [-0.1, -0.05) is 16.8 Å². The maximum Gasteiger partial charge on any atom is 0.433 e. The van der Waals surface area contributed by atoms with Crippen molar-refractivity contribution in [3.8, 4) is 17.1 Å². The molecule has 4 aromatic rings. The van der Waals surface area contributed by atoms with E-state index in [1.807, 2.05) is 0 Å². The number of phenolic OH excluding ortho intramolecular Hbond substituents is 1. The van der Waals surface area contributed by atoms with Crippen molar-refractivity contribution in [1.29, 1.82) is 0 Å². The monoisotopic (exact) mass is 750 g/mol. The molecule has 1 heterocycles. The average Bonchev–Trinajstić information content (AvgIpc) is 2.98. The van der Waals surface area contributed by atoms with Crippen molar-refractivity contribution in [2.24, 2.45) is 10.2 Å². The molecule has 0 spiro atoms. The summed E-state index contributed by atoms with van der Waals surface area (Å²) in [7, 11) is -9.78. The molecule has 18 nitrogen and oxygen atoms in total. The zero-order valence-corrected chi connectivity index (χ0v) is 27.1. The molecule has 0 saturated carbocycles. The number of fused-ring (bicyclic) bond motifs is 1. The van der Waals surface area contributed by atoms with Gasteiger partial charge in [0.1, 0.15) is 16.3 Å². The second-order valence-electron chi connectivity index (χ2n) is 7.96. The summed E-state index contributed by atoms with van der Waals surface area (Å²) >= 11 is 8.28. The van der Waals surface area contributed by atoms with Crippen LogP contribution in [0.15, 0.2) is 72.5 Å². The summed E-state index contributed by atoms with van der Waals surface area (Å²) in [6.45, 7) is 0. The lowest BCUT2D eigenvalue weighted by molar-refractivity contribution is -0.432. The van der Waals surface area contributed by atoms with Crippen molar-refractivity contribution < 1.29 is 54.9 Å². The lowest BCUT2D eigenvalue weighted by Crippen LogP contribution is -2.01. The largest absolute Gasteiger partial charge is 0.505 e. The topological polar surface area (TPSA) is 262 Å². The maximum absolute atomic E-state index is 12.1. The fourth-order valence-electron chi connectivity index (χ4n) is 3.36. The van der Waals surface area contributed by atoms with Crippen LogP contribution in [0.2, 0.25) is 5.28 Å². The number of rotatable bonds is 12. The van der Waals surface area contributed by atoms with Crippen LogP contribution in [0.4, 0.5) is 23.0 Å². The summed E-state index contributed by atoms with van der Waals surface area (Å²) in [6.07, 6.45) is 3.55. The van der Waals surface area contributed by atoms with Gasteiger partial charge in [0.25, 0.3) is 10.1 Å². The van der Waals surface area contributed by atoms with Gasteiger partial charge in [-0.3, -0.25) is 14.0 Å². The SMILES string of the molecule is CSc1nc(Cl)nc(Nc2ccc3c(O)c(N=Nc4ccc(SC#COOS(=O)(=O)O)cc4S(=O)(=O)O)c(SOOO)cc3c2)n1. The Morgan fingerprint density at radius 2 is 1.80 bits per heavy atom. The number of hydrogen-bond donors (Lipinski definition) is 5. The lowest BCUT2D eigenvalue weighted by atomic mass is 10.1. The molecule has 0 atom stereocenters. The molecular formula is C22H15ClN6O12S5. The predicted octanol–water partition coefficient (Wildman–Crippen LogP) is 5.70. The van der Waals surface area contributed by atoms with Gasteiger partial charge in [-0.25, -0.2) is 5.26 Å². The zero-order valence-electron chi connectivity index (χ0n) is 22.3. The standard InChI is InChI=1S/C22H15ClN6O12S5/c1-42-22-26-20(23)25-21(27-22)24-12-2-4-14-11(8-12)9-16(44-40-39-31)18(19(14)30)29-28-15-5-3-13(10-17(15)45(32,33)34)43-7-6-38-41-46(35,36)37/h2-5,8-10,30-31H,1H3,(H,32,33,34)(H,35,36,37)(H,24,25,26,27). The Morgan fingerprint density at radius 3 is 2.50 bits per heavy atom. The Morgan fingerprint density at radius 1 is 1.02 bits per heavy atom. The summed E-state index contributed by atoms with van der Waals surface area (Å²) in [5, 5.41) is 37.6. The maximum atomic E-state index is 12.1. The molecule has 0 amide bonds. The predicted molar refractivity (Wildman–Crippen MR) is 164 cm³/mol. The van der Waals surface area contributed by atoms with Gasteiger partial charge in [0.15, 0.2) is 17.0 Å². The van der Waals surface area contributed by atoms with Crippen LogP contribution in [0.3, 0.4) is 0 Å². The minimum atomic E-state index is -4.90. The van der Waals surface area contributed by atoms with Crippen molar-refractivity contribution in [3.63, 3.8) is 0 Å². The van der Waals surface area contributed by atoms with Crippen molar-refractivity contribution in [2.45, 2.75) is 19.8 Å². The number of nitrogens with one attached hydrogen (secondary N) is 1. The van der Waals surface area contributed by atoms with Crippen LogP contribution in [-0.4, -0.2) is 57.5 Å². The first-order valence-electron chi connectivity index (χ1n) is 11.5. The number of hydrogen-bond acceptors (Lipinski definition) is 19. The highest BCUT2D eigenvalue weighted by molar-refractivity contribution is 8.04. The highest BCUT2D eigenvalue weighted by Gasteiger charge is 2.19. The molecule has 0 aliphatic carbocycles. The molecule has 1 aromatic heterocycles. The van der Waals surface area contributed by atoms with Gasteiger partial charge in [-0.2, -0.15) is 31.8 Å². The van der Waals surface area contributed by atoms with E-state index in [1.54, 1.807) is 24.5 Å². The normalized spacial score (nSPS) is 11.8. The Labute approximate surface area is 276 Å². The highest BCUT2D eigenvalue weighted by atomic mass is 35.5. The molecule has 0 aliphatic heterocycles. The fourth-order valence-corrected chi connectivity index (χ4v) is 5.77. The van der Waals surface area contributed by atoms with Crippen molar-refractivity contribution in [2.75, 3.05) is 11.6 Å². The summed E-state index contributed by atoms with van der Waals surface area (Å²) < 4.78 is 71.4. The quantitative estimate of drug-likeness (QED) is 0.0221. The fraction of sp³-hybridized carbons (Fsp3) is 0.0455. The minimum absolute atomic E-state index is 0.0205. The molecule has 46 heavy (non-hydrogen) atoms.